The zero-order chi connectivity index (χ0) is 23.4. The lowest BCUT2D eigenvalue weighted by Crippen LogP contribution is -2.24. The van der Waals surface area contributed by atoms with Gasteiger partial charge < -0.3 is 0 Å². The van der Waals surface area contributed by atoms with E-state index in [4.69, 9.17) is 4.84 Å². The van der Waals surface area contributed by atoms with Crippen molar-refractivity contribution in [3.8, 4) is 5.69 Å². The van der Waals surface area contributed by atoms with E-state index in [-0.39, 0.29) is 17.2 Å². The van der Waals surface area contributed by atoms with Crippen LogP contribution < -0.4 is 10.2 Å². The molecule has 0 aliphatic heterocycles. The molecular weight excluding hydrogens is 444 g/mol. The van der Waals surface area contributed by atoms with Gasteiger partial charge in [-0.05, 0) is 42.8 Å². The van der Waals surface area contributed by atoms with Gasteiger partial charge in [0.25, 0.3) is 5.91 Å². The predicted molar refractivity (Wildman–Crippen MR) is 124 cm³/mol. The third-order valence-corrected chi connectivity index (χ3v) is 6.56. The first kappa shape index (κ1) is 22.6. The summed E-state index contributed by atoms with van der Waals surface area (Å²) in [5, 5.41) is 12.6. The van der Waals surface area contributed by atoms with E-state index in [0.717, 1.165) is 18.2 Å². The second-order valence-electron chi connectivity index (χ2n) is 7.34. The number of fused-ring (bicyclic) bond motifs is 3. The molecule has 0 aliphatic rings. The summed E-state index contributed by atoms with van der Waals surface area (Å²) < 4.78 is 29.3. The van der Waals surface area contributed by atoms with Crippen LogP contribution in [-0.4, -0.2) is 47.5 Å². The fraction of sp³-hybridized carbons (Fsp3) is 0.227. The van der Waals surface area contributed by atoms with Gasteiger partial charge in [-0.1, -0.05) is 19.4 Å². The summed E-state index contributed by atoms with van der Waals surface area (Å²) >= 11 is 0. The molecule has 0 aliphatic carbocycles. The van der Waals surface area contributed by atoms with Crippen LogP contribution in [0.5, 0.6) is 0 Å². The number of H-pyrrole nitrogens is 1. The zero-order valence-corrected chi connectivity index (χ0v) is 18.9. The minimum atomic E-state index is -3.60. The highest BCUT2D eigenvalue weighted by molar-refractivity contribution is 7.89. The van der Waals surface area contributed by atoms with Crippen LogP contribution in [0.2, 0.25) is 0 Å². The van der Waals surface area contributed by atoms with E-state index in [1.807, 2.05) is 6.92 Å². The highest BCUT2D eigenvalue weighted by atomic mass is 32.2. The van der Waals surface area contributed by atoms with Crippen LogP contribution in [0.3, 0.4) is 0 Å². The average Bonchev–Trinajstić information content (AvgIpc) is 3.44. The van der Waals surface area contributed by atoms with Gasteiger partial charge >= 0.3 is 0 Å². The number of rotatable bonds is 10. The third-order valence-electron chi connectivity index (χ3n) is 5.08. The number of amides is 1. The van der Waals surface area contributed by atoms with E-state index in [1.165, 1.54) is 18.2 Å². The molecule has 2 aromatic heterocycles. The van der Waals surface area contributed by atoms with Crippen LogP contribution in [-0.2, 0) is 14.9 Å². The number of nitrogens with zero attached hydrogens (tertiary/aromatic N) is 3. The summed E-state index contributed by atoms with van der Waals surface area (Å²) in [4.78, 5) is 18.0. The van der Waals surface area contributed by atoms with E-state index in [1.54, 1.807) is 35.1 Å². The van der Waals surface area contributed by atoms with E-state index >= 15 is 0 Å². The molecule has 0 spiro atoms. The predicted octanol–water partition coefficient (Wildman–Crippen LogP) is 2.83. The van der Waals surface area contributed by atoms with Crippen molar-refractivity contribution in [1.82, 2.24) is 30.2 Å². The SMILES string of the molecule is C=CCONC(=O)c1[nH]n(-c2ccc(S(=O)(=O)NCCCC)cc2)c2c1ccc1nncc12. The number of hydrogen-bond donors (Lipinski definition) is 3. The van der Waals surface area contributed by atoms with Crippen molar-refractivity contribution < 1.29 is 18.0 Å². The monoisotopic (exact) mass is 468 g/mol. The lowest BCUT2D eigenvalue weighted by Gasteiger charge is -2.09. The standard InChI is InChI=1S/C22H24N6O4S/c1-3-5-12-24-33(30,31)16-8-6-15(7-9-16)28-21-17(10-11-19-18(21)14-23-25-19)20(26-28)22(29)27-32-13-4-2/h4,6-11,14,24,26H,2-3,5,12-13H2,1H3,(H,27,29). The van der Waals surface area contributed by atoms with Gasteiger partial charge in [0.15, 0.2) is 0 Å². The Labute approximate surface area is 190 Å². The van der Waals surface area contributed by atoms with Crippen LogP contribution in [0.15, 0.2) is 60.1 Å². The Morgan fingerprint density at radius 1 is 1.21 bits per heavy atom. The fourth-order valence-corrected chi connectivity index (χ4v) is 4.53. The maximum Gasteiger partial charge on any atom is 0.293 e. The van der Waals surface area contributed by atoms with Crippen LogP contribution >= 0.6 is 0 Å². The normalized spacial score (nSPS) is 11.8. The summed E-state index contributed by atoms with van der Waals surface area (Å²) in [5.41, 5.74) is 4.64. The zero-order valence-electron chi connectivity index (χ0n) is 18.0. The number of carbonyl (C=O) groups is 1. The Kier molecular flexibility index (Phi) is 6.54. The molecule has 0 bridgehead atoms. The summed E-state index contributed by atoms with van der Waals surface area (Å²) in [7, 11) is -3.60. The van der Waals surface area contributed by atoms with Gasteiger partial charge in [-0.3, -0.25) is 19.4 Å². The first-order valence-corrected chi connectivity index (χ1v) is 11.9. The molecule has 172 valence electrons. The molecule has 2 heterocycles. The van der Waals surface area contributed by atoms with Crippen LogP contribution in [0.4, 0.5) is 0 Å². The number of aromatic nitrogens is 4. The van der Waals surface area contributed by atoms with Gasteiger partial charge in [0, 0.05) is 17.3 Å². The fourth-order valence-electron chi connectivity index (χ4n) is 3.46. The largest absolute Gasteiger partial charge is 0.293 e. The van der Waals surface area contributed by atoms with Crippen LogP contribution in [0.25, 0.3) is 27.5 Å². The number of aromatic amines is 1. The molecule has 11 heteroatoms. The number of benzene rings is 2. The molecule has 0 radical (unpaired) electrons. The van der Waals surface area contributed by atoms with Crippen molar-refractivity contribution in [3.05, 3.63) is 60.9 Å². The molecular formula is C22H24N6O4S. The molecule has 0 unspecified atom stereocenters. The molecule has 33 heavy (non-hydrogen) atoms. The van der Waals surface area contributed by atoms with Crippen molar-refractivity contribution in [1.29, 1.82) is 0 Å². The minimum absolute atomic E-state index is 0.160. The summed E-state index contributed by atoms with van der Waals surface area (Å²) in [6.07, 6.45) is 4.80. The third kappa shape index (κ3) is 4.51. The number of unbranched alkanes of at least 4 members (excludes halogenated alkanes) is 1. The maximum atomic E-state index is 12.7. The van der Waals surface area contributed by atoms with E-state index in [9.17, 15) is 13.2 Å². The first-order valence-electron chi connectivity index (χ1n) is 10.4. The molecule has 0 atom stereocenters. The van der Waals surface area contributed by atoms with Gasteiger partial charge in [-0.2, -0.15) is 10.2 Å². The van der Waals surface area contributed by atoms with Crippen molar-refractivity contribution in [2.45, 2.75) is 24.7 Å². The van der Waals surface area contributed by atoms with E-state index < -0.39 is 15.9 Å². The van der Waals surface area contributed by atoms with Crippen molar-refractivity contribution >= 4 is 37.7 Å². The highest BCUT2D eigenvalue weighted by Gasteiger charge is 2.20. The Morgan fingerprint density at radius 2 is 2.00 bits per heavy atom. The summed E-state index contributed by atoms with van der Waals surface area (Å²) in [6.45, 7) is 6.09. The molecule has 2 aromatic carbocycles. The maximum absolute atomic E-state index is 12.7. The van der Waals surface area contributed by atoms with Gasteiger partial charge in [-0.25, -0.2) is 18.6 Å². The number of nitrogens with one attached hydrogen (secondary N) is 3. The Hall–Kier alpha value is -3.54. The highest BCUT2D eigenvalue weighted by Crippen LogP contribution is 2.29. The molecule has 3 N–H and O–H groups in total. The summed E-state index contributed by atoms with van der Waals surface area (Å²) in [6, 6.07) is 9.95. The molecule has 0 saturated carbocycles. The van der Waals surface area contributed by atoms with Gasteiger partial charge in [0.05, 0.1) is 34.4 Å². The van der Waals surface area contributed by atoms with E-state index in [2.05, 4.69) is 32.1 Å². The van der Waals surface area contributed by atoms with Gasteiger partial charge in [0.1, 0.15) is 5.69 Å². The van der Waals surface area contributed by atoms with Gasteiger partial charge in [-0.15, -0.1) is 6.58 Å². The number of hydroxylamine groups is 1. The van der Waals surface area contributed by atoms with E-state index in [0.29, 0.717) is 28.7 Å². The number of sulfonamides is 1. The Bertz CT molecular complexity index is 1410. The van der Waals surface area contributed by atoms with Crippen molar-refractivity contribution in [3.63, 3.8) is 0 Å². The molecule has 4 rings (SSSR count). The lowest BCUT2D eigenvalue weighted by molar-refractivity contribution is 0.0418. The number of hydrogen-bond acceptors (Lipinski definition) is 6. The molecule has 4 aromatic rings. The van der Waals surface area contributed by atoms with Crippen LogP contribution in [0, 0.1) is 0 Å². The second kappa shape index (κ2) is 9.53. The molecule has 10 nitrogen and oxygen atoms in total. The van der Waals surface area contributed by atoms with Crippen LogP contribution in [0.1, 0.15) is 30.3 Å². The van der Waals surface area contributed by atoms with Gasteiger partial charge in [0.2, 0.25) is 10.0 Å². The first-order chi connectivity index (χ1) is 16.0. The lowest BCUT2D eigenvalue weighted by atomic mass is 10.1. The molecule has 1 amide bonds. The summed E-state index contributed by atoms with van der Waals surface area (Å²) in [5.74, 6) is -0.466. The quantitative estimate of drug-likeness (QED) is 0.186. The Balaban J connectivity index is 1.76. The van der Waals surface area contributed by atoms with Crippen molar-refractivity contribution in [2.24, 2.45) is 0 Å². The smallest absolute Gasteiger partial charge is 0.288 e. The minimum Gasteiger partial charge on any atom is -0.288 e. The molecule has 0 fully saturated rings. The Morgan fingerprint density at radius 3 is 2.73 bits per heavy atom. The number of carbonyl (C=O) groups excluding carboxylic acids is 1. The molecule has 0 saturated heterocycles. The average molecular weight is 469 g/mol. The van der Waals surface area contributed by atoms with Crippen molar-refractivity contribution in [2.75, 3.05) is 13.2 Å². The second-order valence-corrected chi connectivity index (χ2v) is 9.10. The topological polar surface area (TPSA) is 131 Å².